The molecule has 2 N–H and O–H groups in total. The number of nitrogens with zero attached hydrogens (tertiary/aromatic N) is 3. The van der Waals surface area contributed by atoms with Crippen molar-refractivity contribution < 1.29 is 4.79 Å². The number of hydrogen-bond acceptors (Lipinski definition) is 3. The van der Waals surface area contributed by atoms with Gasteiger partial charge in [0.15, 0.2) is 0 Å². The maximum Gasteiger partial charge on any atom is 0.274 e. The van der Waals surface area contributed by atoms with Crippen molar-refractivity contribution in [2.24, 2.45) is 7.05 Å². The number of carbonyl (C=O) groups excluding carboxylic acids is 1. The Morgan fingerprint density at radius 1 is 1.80 bits per heavy atom. The van der Waals surface area contributed by atoms with Gasteiger partial charge in [0.05, 0.1) is 11.9 Å². The topological polar surface area (TPSA) is 64.2 Å². The molecule has 0 aliphatic heterocycles. The molecular weight excluding hydrogens is 192 g/mol. The van der Waals surface area contributed by atoms with E-state index in [2.05, 4.69) is 11.7 Å². The molecule has 5 heteroatoms. The summed E-state index contributed by atoms with van der Waals surface area (Å²) in [6, 6.07) is 0. The summed E-state index contributed by atoms with van der Waals surface area (Å²) < 4.78 is 1.49. The first-order valence-corrected chi connectivity index (χ1v) is 4.79. The maximum atomic E-state index is 12.0. The van der Waals surface area contributed by atoms with Crippen molar-refractivity contribution in [2.75, 3.05) is 18.8 Å². The van der Waals surface area contributed by atoms with Gasteiger partial charge in [0.2, 0.25) is 0 Å². The van der Waals surface area contributed by atoms with Crippen LogP contribution in [0.2, 0.25) is 0 Å². The van der Waals surface area contributed by atoms with Crippen LogP contribution in [0, 0.1) is 0 Å². The number of aryl methyl sites for hydroxylation is 1. The normalized spacial score (nSPS) is 10.0. The van der Waals surface area contributed by atoms with Gasteiger partial charge in [0, 0.05) is 20.1 Å². The fourth-order valence-corrected chi connectivity index (χ4v) is 1.38. The molecule has 5 nitrogen and oxygen atoms in total. The van der Waals surface area contributed by atoms with Gasteiger partial charge in [-0.1, -0.05) is 6.08 Å². The van der Waals surface area contributed by atoms with Crippen LogP contribution in [0.4, 0.5) is 5.69 Å². The number of rotatable bonds is 4. The summed E-state index contributed by atoms with van der Waals surface area (Å²) >= 11 is 0. The SMILES string of the molecule is C=CCN(CC)C(=O)c1c(N)cnn1C. The molecule has 0 unspecified atom stereocenters. The van der Waals surface area contributed by atoms with Gasteiger partial charge in [-0.25, -0.2) is 0 Å². The first kappa shape index (κ1) is 11.3. The van der Waals surface area contributed by atoms with E-state index in [9.17, 15) is 4.79 Å². The molecule has 0 bridgehead atoms. The van der Waals surface area contributed by atoms with Crippen molar-refractivity contribution in [3.63, 3.8) is 0 Å². The number of likely N-dealkylation sites (N-methyl/N-ethyl adjacent to an activating group) is 1. The molecular formula is C10H16N4O. The highest BCUT2D eigenvalue weighted by atomic mass is 16.2. The van der Waals surface area contributed by atoms with Gasteiger partial charge in [-0.05, 0) is 6.92 Å². The van der Waals surface area contributed by atoms with Crippen LogP contribution in [-0.4, -0.2) is 33.7 Å². The minimum absolute atomic E-state index is 0.116. The predicted octanol–water partition coefficient (Wildman–Crippen LogP) is 0.650. The Labute approximate surface area is 89.2 Å². The van der Waals surface area contributed by atoms with Gasteiger partial charge in [0.25, 0.3) is 5.91 Å². The summed E-state index contributed by atoms with van der Waals surface area (Å²) in [6.45, 7) is 6.65. The monoisotopic (exact) mass is 208 g/mol. The zero-order valence-corrected chi connectivity index (χ0v) is 9.10. The van der Waals surface area contributed by atoms with E-state index in [1.807, 2.05) is 6.92 Å². The minimum Gasteiger partial charge on any atom is -0.396 e. The van der Waals surface area contributed by atoms with E-state index in [4.69, 9.17) is 5.73 Å². The molecule has 1 rings (SSSR count). The van der Waals surface area contributed by atoms with Crippen LogP contribution in [0.1, 0.15) is 17.4 Å². The smallest absolute Gasteiger partial charge is 0.274 e. The van der Waals surface area contributed by atoms with Crippen LogP contribution in [0.3, 0.4) is 0 Å². The molecule has 0 saturated carbocycles. The first-order valence-electron chi connectivity index (χ1n) is 4.79. The van der Waals surface area contributed by atoms with Crippen LogP contribution >= 0.6 is 0 Å². The van der Waals surface area contributed by atoms with E-state index in [-0.39, 0.29) is 5.91 Å². The number of hydrogen-bond donors (Lipinski definition) is 1. The molecule has 1 aromatic heterocycles. The Bertz CT molecular complexity index is 350. The van der Waals surface area contributed by atoms with Gasteiger partial charge < -0.3 is 10.6 Å². The minimum atomic E-state index is -0.116. The maximum absolute atomic E-state index is 12.0. The Hall–Kier alpha value is -1.78. The number of anilines is 1. The number of nitrogen functional groups attached to an aromatic ring is 1. The number of amides is 1. The third-order valence-corrected chi connectivity index (χ3v) is 2.19. The number of nitrogens with two attached hydrogens (primary N) is 1. The Morgan fingerprint density at radius 3 is 2.87 bits per heavy atom. The van der Waals surface area contributed by atoms with Gasteiger partial charge in [-0.2, -0.15) is 5.10 Å². The van der Waals surface area contributed by atoms with Gasteiger partial charge in [-0.3, -0.25) is 9.48 Å². The highest BCUT2D eigenvalue weighted by Gasteiger charge is 2.19. The van der Waals surface area contributed by atoms with Gasteiger partial charge in [-0.15, -0.1) is 6.58 Å². The zero-order chi connectivity index (χ0) is 11.4. The highest BCUT2D eigenvalue weighted by molar-refractivity contribution is 5.97. The van der Waals surface area contributed by atoms with E-state index in [1.165, 1.54) is 10.9 Å². The highest BCUT2D eigenvalue weighted by Crippen LogP contribution is 2.12. The summed E-state index contributed by atoms with van der Waals surface area (Å²) in [5.41, 5.74) is 6.51. The fourth-order valence-electron chi connectivity index (χ4n) is 1.38. The molecule has 0 saturated heterocycles. The molecule has 0 radical (unpaired) electrons. The second-order valence-electron chi connectivity index (χ2n) is 3.20. The summed E-state index contributed by atoms with van der Waals surface area (Å²) in [5.74, 6) is -0.116. The van der Waals surface area contributed by atoms with Crippen LogP contribution in [-0.2, 0) is 7.05 Å². The van der Waals surface area contributed by atoms with Crippen molar-refractivity contribution in [1.29, 1.82) is 0 Å². The molecule has 82 valence electrons. The van der Waals surface area contributed by atoms with Crippen molar-refractivity contribution in [2.45, 2.75) is 6.92 Å². The quantitative estimate of drug-likeness (QED) is 0.739. The van der Waals surface area contributed by atoms with Crippen LogP contribution in [0.25, 0.3) is 0 Å². The second-order valence-corrected chi connectivity index (χ2v) is 3.20. The van der Waals surface area contributed by atoms with E-state index in [0.717, 1.165) is 0 Å². The molecule has 1 heterocycles. The van der Waals surface area contributed by atoms with Crippen molar-refractivity contribution in [3.8, 4) is 0 Å². The van der Waals surface area contributed by atoms with E-state index in [0.29, 0.717) is 24.5 Å². The van der Waals surface area contributed by atoms with E-state index < -0.39 is 0 Å². The van der Waals surface area contributed by atoms with E-state index >= 15 is 0 Å². The third-order valence-electron chi connectivity index (χ3n) is 2.19. The lowest BCUT2D eigenvalue weighted by Gasteiger charge is -2.19. The lowest BCUT2D eigenvalue weighted by molar-refractivity contribution is 0.0772. The molecule has 1 amide bonds. The average molecular weight is 208 g/mol. The molecule has 0 aliphatic rings. The number of carbonyl (C=O) groups is 1. The Morgan fingerprint density at radius 2 is 2.47 bits per heavy atom. The molecule has 15 heavy (non-hydrogen) atoms. The second kappa shape index (κ2) is 4.63. The zero-order valence-electron chi connectivity index (χ0n) is 9.10. The van der Waals surface area contributed by atoms with Crippen molar-refractivity contribution in [3.05, 3.63) is 24.5 Å². The number of aromatic nitrogens is 2. The van der Waals surface area contributed by atoms with Crippen molar-refractivity contribution >= 4 is 11.6 Å². The average Bonchev–Trinajstić information content (AvgIpc) is 2.54. The Balaban J connectivity index is 2.97. The molecule has 0 fully saturated rings. The Kier molecular flexibility index (Phi) is 3.49. The van der Waals surface area contributed by atoms with Crippen LogP contribution in [0.5, 0.6) is 0 Å². The molecule has 1 aromatic rings. The molecule has 0 aliphatic carbocycles. The van der Waals surface area contributed by atoms with Gasteiger partial charge >= 0.3 is 0 Å². The molecule has 0 spiro atoms. The van der Waals surface area contributed by atoms with E-state index in [1.54, 1.807) is 18.0 Å². The lowest BCUT2D eigenvalue weighted by atomic mass is 10.3. The lowest BCUT2D eigenvalue weighted by Crippen LogP contribution is -2.32. The van der Waals surface area contributed by atoms with Crippen LogP contribution < -0.4 is 5.73 Å². The summed E-state index contributed by atoms with van der Waals surface area (Å²) in [4.78, 5) is 13.7. The van der Waals surface area contributed by atoms with Crippen LogP contribution in [0.15, 0.2) is 18.9 Å². The fraction of sp³-hybridized carbons (Fsp3) is 0.400. The predicted molar refractivity (Wildman–Crippen MR) is 59.4 cm³/mol. The van der Waals surface area contributed by atoms with Crippen molar-refractivity contribution in [1.82, 2.24) is 14.7 Å². The summed E-state index contributed by atoms with van der Waals surface area (Å²) in [5, 5.41) is 3.93. The summed E-state index contributed by atoms with van der Waals surface area (Å²) in [6.07, 6.45) is 3.17. The molecule has 0 atom stereocenters. The summed E-state index contributed by atoms with van der Waals surface area (Å²) in [7, 11) is 1.70. The van der Waals surface area contributed by atoms with Gasteiger partial charge in [0.1, 0.15) is 5.69 Å². The molecule has 0 aromatic carbocycles. The largest absolute Gasteiger partial charge is 0.396 e. The third kappa shape index (κ3) is 2.18. The standard InChI is InChI=1S/C10H16N4O/c1-4-6-14(5-2)10(15)9-8(11)7-12-13(9)3/h4,7H,1,5-6,11H2,2-3H3. The first-order chi connectivity index (χ1) is 7.11.